The molecule has 0 aromatic carbocycles. The zero-order valence-corrected chi connectivity index (χ0v) is 11.7. The highest BCUT2D eigenvalue weighted by Crippen LogP contribution is 2.20. The summed E-state index contributed by atoms with van der Waals surface area (Å²) in [5, 5.41) is 2.61. The summed E-state index contributed by atoms with van der Waals surface area (Å²) >= 11 is 1.74. The van der Waals surface area contributed by atoms with Gasteiger partial charge in [-0.15, -0.1) is 11.3 Å². The van der Waals surface area contributed by atoms with Crippen molar-refractivity contribution in [1.82, 2.24) is 10.2 Å². The molecule has 0 bridgehead atoms. The lowest BCUT2D eigenvalue weighted by molar-refractivity contribution is -0.147. The molecule has 1 N–H and O–H groups in total. The molecule has 1 fully saturated rings. The molecule has 2 heterocycles. The maximum atomic E-state index is 11.9. The van der Waals surface area contributed by atoms with Gasteiger partial charge in [0.15, 0.2) is 0 Å². The standard InChI is InChI=1S/C13H18N2O2S/c1-8(6-11-5-4-9(2)18-11)15-10(3)13(17)14-7-12(15)16/h4-5,8,10H,6-7H2,1-3H3,(H,14,17). The number of aryl methyl sites for hydroxylation is 1. The summed E-state index contributed by atoms with van der Waals surface area (Å²) in [6.45, 7) is 5.97. The van der Waals surface area contributed by atoms with Gasteiger partial charge in [-0.05, 0) is 32.9 Å². The minimum Gasteiger partial charge on any atom is -0.345 e. The van der Waals surface area contributed by atoms with Gasteiger partial charge in [-0.1, -0.05) is 0 Å². The number of hydrogen-bond donors (Lipinski definition) is 1. The first-order valence-electron chi connectivity index (χ1n) is 6.13. The highest BCUT2D eigenvalue weighted by Gasteiger charge is 2.34. The Bertz CT molecular complexity index is 469. The molecule has 2 atom stereocenters. The lowest BCUT2D eigenvalue weighted by atomic mass is 10.1. The van der Waals surface area contributed by atoms with E-state index in [0.29, 0.717) is 0 Å². The number of carbonyl (C=O) groups is 2. The van der Waals surface area contributed by atoms with Gasteiger partial charge in [0.05, 0.1) is 6.54 Å². The van der Waals surface area contributed by atoms with Crippen molar-refractivity contribution in [3.63, 3.8) is 0 Å². The molecule has 2 amide bonds. The molecule has 2 rings (SSSR count). The van der Waals surface area contributed by atoms with Crippen LogP contribution in [0.3, 0.4) is 0 Å². The van der Waals surface area contributed by atoms with E-state index >= 15 is 0 Å². The molecule has 1 aromatic rings. The van der Waals surface area contributed by atoms with Crippen molar-refractivity contribution in [3.8, 4) is 0 Å². The summed E-state index contributed by atoms with van der Waals surface area (Å²) in [5.74, 6) is -0.0633. The number of carbonyl (C=O) groups excluding carboxylic acids is 2. The van der Waals surface area contributed by atoms with Gasteiger partial charge in [0.2, 0.25) is 11.8 Å². The van der Waals surface area contributed by atoms with Gasteiger partial charge < -0.3 is 10.2 Å². The number of amides is 2. The first-order valence-corrected chi connectivity index (χ1v) is 6.95. The van der Waals surface area contributed by atoms with Crippen LogP contribution in [0.2, 0.25) is 0 Å². The minimum atomic E-state index is -0.373. The normalized spacial score (nSPS) is 21.9. The SMILES string of the molecule is Cc1ccc(CC(C)N2C(=O)CNC(=O)C2C)s1. The summed E-state index contributed by atoms with van der Waals surface area (Å²) in [6, 6.07) is 3.86. The molecule has 0 saturated carbocycles. The van der Waals surface area contributed by atoms with Gasteiger partial charge in [-0.2, -0.15) is 0 Å². The lowest BCUT2D eigenvalue weighted by Gasteiger charge is -2.37. The van der Waals surface area contributed by atoms with Crippen LogP contribution in [-0.2, 0) is 16.0 Å². The first-order chi connectivity index (χ1) is 8.49. The summed E-state index contributed by atoms with van der Waals surface area (Å²) in [6.07, 6.45) is 0.807. The number of hydrogen-bond acceptors (Lipinski definition) is 3. The molecule has 0 radical (unpaired) electrons. The van der Waals surface area contributed by atoms with E-state index in [4.69, 9.17) is 0 Å². The molecule has 98 valence electrons. The molecule has 5 heteroatoms. The van der Waals surface area contributed by atoms with Gasteiger partial charge in [0.1, 0.15) is 6.04 Å². The second-order valence-corrected chi connectivity index (χ2v) is 6.13. The first kappa shape index (κ1) is 13.1. The Hall–Kier alpha value is -1.36. The molecule has 18 heavy (non-hydrogen) atoms. The van der Waals surface area contributed by atoms with Gasteiger partial charge in [-0.25, -0.2) is 0 Å². The fourth-order valence-corrected chi connectivity index (χ4v) is 3.37. The zero-order valence-electron chi connectivity index (χ0n) is 10.9. The van der Waals surface area contributed by atoms with Crippen LogP contribution in [-0.4, -0.2) is 35.3 Å². The van der Waals surface area contributed by atoms with Crippen LogP contribution in [0.4, 0.5) is 0 Å². The van der Waals surface area contributed by atoms with E-state index in [1.165, 1.54) is 9.75 Å². The Morgan fingerprint density at radius 1 is 1.50 bits per heavy atom. The molecule has 0 aliphatic carbocycles. The fraction of sp³-hybridized carbons (Fsp3) is 0.538. The van der Waals surface area contributed by atoms with E-state index < -0.39 is 0 Å². The molecule has 1 saturated heterocycles. The lowest BCUT2D eigenvalue weighted by Crippen LogP contribution is -2.60. The third-order valence-corrected chi connectivity index (χ3v) is 4.29. The Labute approximate surface area is 111 Å². The van der Waals surface area contributed by atoms with Crippen LogP contribution in [0.1, 0.15) is 23.6 Å². The number of thiophene rings is 1. The van der Waals surface area contributed by atoms with Crippen molar-refractivity contribution in [1.29, 1.82) is 0 Å². The highest BCUT2D eigenvalue weighted by atomic mass is 32.1. The fourth-order valence-electron chi connectivity index (χ4n) is 2.36. The van der Waals surface area contributed by atoms with Gasteiger partial charge >= 0.3 is 0 Å². The Balaban J connectivity index is 2.09. The van der Waals surface area contributed by atoms with E-state index in [1.807, 2.05) is 6.92 Å². The largest absolute Gasteiger partial charge is 0.345 e. The zero-order chi connectivity index (χ0) is 13.3. The van der Waals surface area contributed by atoms with Gasteiger partial charge in [-0.3, -0.25) is 9.59 Å². The predicted octanol–water partition coefficient (Wildman–Crippen LogP) is 1.33. The molecule has 1 aliphatic heterocycles. The van der Waals surface area contributed by atoms with E-state index in [1.54, 1.807) is 23.2 Å². The molecule has 4 nitrogen and oxygen atoms in total. The van der Waals surface area contributed by atoms with Crippen molar-refractivity contribution in [3.05, 3.63) is 21.9 Å². The average molecular weight is 266 g/mol. The van der Waals surface area contributed by atoms with Crippen LogP contribution in [0, 0.1) is 6.92 Å². The van der Waals surface area contributed by atoms with Gasteiger partial charge in [0, 0.05) is 22.2 Å². The Kier molecular flexibility index (Phi) is 3.71. The van der Waals surface area contributed by atoms with E-state index in [9.17, 15) is 9.59 Å². The second kappa shape index (κ2) is 5.10. The molecule has 1 aromatic heterocycles. The average Bonchev–Trinajstić information content (AvgIpc) is 2.70. The topological polar surface area (TPSA) is 49.4 Å². The van der Waals surface area contributed by atoms with Crippen LogP contribution in [0.25, 0.3) is 0 Å². The quantitative estimate of drug-likeness (QED) is 0.897. The third kappa shape index (κ3) is 2.56. The molecular weight excluding hydrogens is 248 g/mol. The Morgan fingerprint density at radius 2 is 2.22 bits per heavy atom. The summed E-state index contributed by atoms with van der Waals surface area (Å²) < 4.78 is 0. The molecule has 0 spiro atoms. The highest BCUT2D eigenvalue weighted by molar-refractivity contribution is 7.11. The smallest absolute Gasteiger partial charge is 0.242 e. The molecular formula is C13H18N2O2S. The number of rotatable bonds is 3. The van der Waals surface area contributed by atoms with Crippen LogP contribution in [0.5, 0.6) is 0 Å². The maximum absolute atomic E-state index is 11.9. The second-order valence-electron chi connectivity index (χ2n) is 4.76. The maximum Gasteiger partial charge on any atom is 0.242 e. The summed E-state index contributed by atoms with van der Waals surface area (Å²) in [5.41, 5.74) is 0. The predicted molar refractivity (Wildman–Crippen MR) is 71.5 cm³/mol. The molecule has 1 aliphatic rings. The summed E-state index contributed by atoms with van der Waals surface area (Å²) in [7, 11) is 0. The number of nitrogens with one attached hydrogen (secondary N) is 1. The van der Waals surface area contributed by atoms with Crippen molar-refractivity contribution >= 4 is 23.2 Å². The third-order valence-electron chi connectivity index (χ3n) is 3.27. The van der Waals surface area contributed by atoms with Crippen molar-refractivity contribution in [2.24, 2.45) is 0 Å². The van der Waals surface area contributed by atoms with Gasteiger partial charge in [0.25, 0.3) is 0 Å². The van der Waals surface area contributed by atoms with Crippen molar-refractivity contribution < 1.29 is 9.59 Å². The minimum absolute atomic E-state index is 0.00266. The van der Waals surface area contributed by atoms with Crippen LogP contribution < -0.4 is 5.32 Å². The van der Waals surface area contributed by atoms with E-state index in [0.717, 1.165) is 6.42 Å². The Morgan fingerprint density at radius 3 is 2.83 bits per heavy atom. The van der Waals surface area contributed by atoms with Crippen LogP contribution >= 0.6 is 11.3 Å². The van der Waals surface area contributed by atoms with E-state index in [2.05, 4.69) is 24.4 Å². The summed E-state index contributed by atoms with van der Waals surface area (Å²) in [4.78, 5) is 27.7. The van der Waals surface area contributed by atoms with E-state index in [-0.39, 0.29) is 30.4 Å². The van der Waals surface area contributed by atoms with Crippen molar-refractivity contribution in [2.75, 3.05) is 6.54 Å². The number of piperazine rings is 1. The monoisotopic (exact) mass is 266 g/mol. The molecule has 2 unspecified atom stereocenters. The van der Waals surface area contributed by atoms with Crippen LogP contribution in [0.15, 0.2) is 12.1 Å². The number of nitrogens with zero attached hydrogens (tertiary/aromatic N) is 1. The van der Waals surface area contributed by atoms with Crippen molar-refractivity contribution in [2.45, 2.75) is 39.3 Å².